The van der Waals surface area contributed by atoms with Gasteiger partial charge >= 0.3 is 6.03 Å². The fourth-order valence-corrected chi connectivity index (χ4v) is 3.76. The maximum Gasteiger partial charge on any atom is 0.322 e. The normalized spacial score (nSPS) is 13.2. The third-order valence-electron chi connectivity index (χ3n) is 5.13. The maximum atomic E-state index is 13.3. The zero-order valence-electron chi connectivity index (χ0n) is 16.6. The molecule has 1 aromatic heterocycles. The van der Waals surface area contributed by atoms with Gasteiger partial charge in [0, 0.05) is 37.0 Å². The van der Waals surface area contributed by atoms with Crippen molar-refractivity contribution >= 4 is 23.3 Å². The minimum absolute atomic E-state index is 0.0289. The lowest BCUT2D eigenvalue weighted by molar-refractivity contribution is 0.103. The Morgan fingerprint density at radius 2 is 2.03 bits per heavy atom. The second kappa shape index (κ2) is 8.85. The molecule has 1 aliphatic rings. The first-order valence-corrected chi connectivity index (χ1v) is 10.1. The standard InChI is InChI=1S/C22H22ClFN4O2/c1-27-21-9-10-28(22(29)25-16-7-8-19(24)18(23)11-16)12-17(21)20(26-27)14-30-13-15-5-3-2-4-6-15/h2-8,11H,9-10,12-14H2,1H3,(H,25,29). The Balaban J connectivity index is 1.42. The molecule has 6 nitrogen and oxygen atoms in total. The molecule has 2 aromatic carbocycles. The van der Waals surface area contributed by atoms with E-state index in [1.165, 1.54) is 18.2 Å². The first-order valence-electron chi connectivity index (χ1n) is 9.67. The van der Waals surface area contributed by atoms with Crippen LogP contribution in [0, 0.1) is 5.82 Å². The van der Waals surface area contributed by atoms with Crippen LogP contribution in [0.3, 0.4) is 0 Å². The van der Waals surface area contributed by atoms with Crippen LogP contribution >= 0.6 is 11.6 Å². The Morgan fingerprint density at radius 3 is 2.80 bits per heavy atom. The van der Waals surface area contributed by atoms with Crippen LogP contribution in [0.2, 0.25) is 5.02 Å². The number of carbonyl (C=O) groups is 1. The third-order valence-corrected chi connectivity index (χ3v) is 5.42. The van der Waals surface area contributed by atoms with E-state index in [1.54, 1.807) is 4.90 Å². The smallest absolute Gasteiger partial charge is 0.322 e. The van der Waals surface area contributed by atoms with E-state index in [0.29, 0.717) is 38.4 Å². The van der Waals surface area contributed by atoms with Crippen LogP contribution < -0.4 is 5.32 Å². The first-order chi connectivity index (χ1) is 14.5. The van der Waals surface area contributed by atoms with Gasteiger partial charge < -0.3 is 15.0 Å². The monoisotopic (exact) mass is 428 g/mol. The number of aromatic nitrogens is 2. The van der Waals surface area contributed by atoms with Crippen LogP contribution in [0.4, 0.5) is 14.9 Å². The number of benzene rings is 2. The number of aryl methyl sites for hydroxylation is 1. The fourth-order valence-electron chi connectivity index (χ4n) is 3.58. The predicted octanol–water partition coefficient (Wildman–Crippen LogP) is 4.52. The molecule has 0 fully saturated rings. The molecule has 156 valence electrons. The molecule has 0 bridgehead atoms. The second-order valence-electron chi connectivity index (χ2n) is 7.20. The summed E-state index contributed by atoms with van der Waals surface area (Å²) < 4.78 is 21.1. The van der Waals surface area contributed by atoms with Crippen molar-refractivity contribution < 1.29 is 13.9 Å². The van der Waals surface area contributed by atoms with Crippen LogP contribution in [0.1, 0.15) is 22.5 Å². The summed E-state index contributed by atoms with van der Waals surface area (Å²) in [6.45, 7) is 1.88. The Hall–Kier alpha value is -2.90. The zero-order valence-corrected chi connectivity index (χ0v) is 17.3. The van der Waals surface area contributed by atoms with Crippen LogP contribution in [-0.4, -0.2) is 27.3 Å². The van der Waals surface area contributed by atoms with Gasteiger partial charge in [-0.2, -0.15) is 5.10 Å². The SMILES string of the molecule is Cn1nc(COCc2ccccc2)c2c1CCN(C(=O)Nc1ccc(F)c(Cl)c1)C2. The molecule has 0 saturated heterocycles. The number of anilines is 1. The van der Waals surface area contributed by atoms with Crippen molar-refractivity contribution in [1.29, 1.82) is 0 Å². The fraction of sp³-hybridized carbons (Fsp3) is 0.273. The van der Waals surface area contributed by atoms with E-state index in [2.05, 4.69) is 10.4 Å². The molecule has 2 heterocycles. The summed E-state index contributed by atoms with van der Waals surface area (Å²) >= 11 is 5.80. The van der Waals surface area contributed by atoms with Gasteiger partial charge in [-0.25, -0.2) is 9.18 Å². The van der Waals surface area contributed by atoms with Gasteiger partial charge in [0.1, 0.15) is 5.82 Å². The van der Waals surface area contributed by atoms with Crippen LogP contribution in [0.5, 0.6) is 0 Å². The lowest BCUT2D eigenvalue weighted by Gasteiger charge is -2.28. The topological polar surface area (TPSA) is 59.4 Å². The highest BCUT2D eigenvalue weighted by atomic mass is 35.5. The molecular formula is C22H22ClFN4O2. The van der Waals surface area contributed by atoms with E-state index in [1.807, 2.05) is 42.1 Å². The van der Waals surface area contributed by atoms with Gasteiger partial charge in [0.25, 0.3) is 0 Å². The molecule has 1 N–H and O–H groups in total. The zero-order chi connectivity index (χ0) is 21.1. The molecule has 4 rings (SSSR count). The van der Waals surface area contributed by atoms with Crippen molar-refractivity contribution in [2.24, 2.45) is 7.05 Å². The van der Waals surface area contributed by atoms with Crippen molar-refractivity contribution in [3.05, 3.63) is 81.9 Å². The molecule has 8 heteroatoms. The third kappa shape index (κ3) is 4.47. The quantitative estimate of drug-likeness (QED) is 0.650. The minimum atomic E-state index is -0.521. The molecule has 0 spiro atoms. The van der Waals surface area contributed by atoms with E-state index in [9.17, 15) is 9.18 Å². The van der Waals surface area contributed by atoms with Gasteiger partial charge in [-0.15, -0.1) is 0 Å². The highest BCUT2D eigenvalue weighted by molar-refractivity contribution is 6.31. The number of carbonyl (C=O) groups excluding carboxylic acids is 1. The number of amides is 2. The highest BCUT2D eigenvalue weighted by Gasteiger charge is 2.26. The van der Waals surface area contributed by atoms with Crippen molar-refractivity contribution in [3.8, 4) is 0 Å². The lowest BCUT2D eigenvalue weighted by Crippen LogP contribution is -2.39. The molecular weight excluding hydrogens is 407 g/mol. The largest absolute Gasteiger partial charge is 0.370 e. The van der Waals surface area contributed by atoms with Crippen molar-refractivity contribution in [3.63, 3.8) is 0 Å². The molecule has 3 aromatic rings. The van der Waals surface area contributed by atoms with Gasteiger partial charge in [0.2, 0.25) is 0 Å². The summed E-state index contributed by atoms with van der Waals surface area (Å²) in [5, 5.41) is 7.35. The number of nitrogens with one attached hydrogen (secondary N) is 1. The molecule has 0 saturated carbocycles. The van der Waals surface area contributed by atoms with Gasteiger partial charge in [-0.05, 0) is 23.8 Å². The summed E-state index contributed by atoms with van der Waals surface area (Å²) in [7, 11) is 1.91. The van der Waals surface area contributed by atoms with Gasteiger partial charge in [-0.3, -0.25) is 4.68 Å². The second-order valence-corrected chi connectivity index (χ2v) is 7.61. The van der Waals surface area contributed by atoms with Crippen molar-refractivity contribution in [2.45, 2.75) is 26.2 Å². The average Bonchev–Trinajstić information content (AvgIpc) is 3.06. The molecule has 0 radical (unpaired) electrons. The van der Waals surface area contributed by atoms with Gasteiger partial charge in [0.05, 0.1) is 30.5 Å². The summed E-state index contributed by atoms with van der Waals surface area (Å²) in [4.78, 5) is 14.4. The van der Waals surface area contributed by atoms with Gasteiger partial charge in [0.15, 0.2) is 0 Å². The first kappa shape index (κ1) is 20.4. The molecule has 30 heavy (non-hydrogen) atoms. The van der Waals surface area contributed by atoms with Gasteiger partial charge in [-0.1, -0.05) is 41.9 Å². The molecule has 2 amide bonds. The Morgan fingerprint density at radius 1 is 1.23 bits per heavy atom. The summed E-state index contributed by atoms with van der Waals surface area (Å²) in [5.41, 5.74) is 4.52. The number of halogens is 2. The number of hydrogen-bond donors (Lipinski definition) is 1. The number of nitrogens with zero attached hydrogens (tertiary/aromatic N) is 3. The van der Waals surface area contributed by atoms with E-state index in [-0.39, 0.29) is 11.1 Å². The average molecular weight is 429 g/mol. The van der Waals surface area contributed by atoms with Crippen molar-refractivity contribution in [1.82, 2.24) is 14.7 Å². The Labute approximate surface area is 179 Å². The van der Waals surface area contributed by atoms with E-state index in [4.69, 9.17) is 16.3 Å². The summed E-state index contributed by atoms with van der Waals surface area (Å²) in [6.07, 6.45) is 0.703. The highest BCUT2D eigenvalue weighted by Crippen LogP contribution is 2.25. The van der Waals surface area contributed by atoms with E-state index >= 15 is 0 Å². The number of hydrogen-bond acceptors (Lipinski definition) is 3. The number of rotatable bonds is 5. The lowest BCUT2D eigenvalue weighted by atomic mass is 10.1. The van der Waals surface area contributed by atoms with Crippen LogP contribution in [0.25, 0.3) is 0 Å². The number of fused-ring (bicyclic) bond motifs is 1. The van der Waals surface area contributed by atoms with Crippen LogP contribution in [-0.2, 0) is 38.0 Å². The Kier molecular flexibility index (Phi) is 6.01. The maximum absolute atomic E-state index is 13.3. The Bertz CT molecular complexity index is 1050. The summed E-state index contributed by atoms with van der Waals surface area (Å²) in [5.74, 6) is -0.521. The van der Waals surface area contributed by atoms with E-state index in [0.717, 1.165) is 22.5 Å². The predicted molar refractivity (Wildman–Crippen MR) is 113 cm³/mol. The number of ether oxygens (including phenoxy) is 1. The molecule has 1 aliphatic heterocycles. The molecule has 0 aliphatic carbocycles. The minimum Gasteiger partial charge on any atom is -0.370 e. The molecule has 0 atom stereocenters. The molecule has 0 unspecified atom stereocenters. The van der Waals surface area contributed by atoms with Crippen molar-refractivity contribution in [2.75, 3.05) is 11.9 Å². The van der Waals surface area contributed by atoms with E-state index < -0.39 is 5.82 Å². The number of urea groups is 1. The van der Waals surface area contributed by atoms with Crippen LogP contribution in [0.15, 0.2) is 48.5 Å². The summed E-state index contributed by atoms with van der Waals surface area (Å²) in [6, 6.07) is 13.8.